The molecule has 1 radical (unpaired) electrons. The molecule has 1 fully saturated rings. The van der Waals surface area contributed by atoms with Crippen LogP contribution in [0.3, 0.4) is 0 Å². The van der Waals surface area contributed by atoms with Gasteiger partial charge in [0.25, 0.3) is 0 Å². The number of aromatic nitrogens is 2. The quantitative estimate of drug-likeness (QED) is 0.655. The Hall–Kier alpha value is -1.45. The van der Waals surface area contributed by atoms with E-state index in [1.54, 1.807) is 6.20 Å². The molecule has 1 aromatic rings. The average molecular weight is 190 g/mol. The standard InChI is InChI=1S/C10H12N3O/c14-8-9-6-12-10(7-11-9)13-4-2-1-3-5-13/h1,6-8H,2-5H2. The molecule has 0 atom stereocenters. The van der Waals surface area contributed by atoms with Gasteiger partial charge in [-0.15, -0.1) is 0 Å². The van der Waals surface area contributed by atoms with Gasteiger partial charge in [-0.3, -0.25) is 4.79 Å². The number of aldehydes is 1. The highest BCUT2D eigenvalue weighted by Crippen LogP contribution is 2.15. The van der Waals surface area contributed by atoms with Gasteiger partial charge in [0.15, 0.2) is 6.29 Å². The molecular formula is C10H12N3O. The monoisotopic (exact) mass is 190 g/mol. The third-order valence-corrected chi connectivity index (χ3v) is 2.31. The Morgan fingerprint density at radius 1 is 1.21 bits per heavy atom. The van der Waals surface area contributed by atoms with E-state index in [-0.39, 0.29) is 0 Å². The highest BCUT2D eigenvalue weighted by atomic mass is 16.1. The Kier molecular flexibility index (Phi) is 2.72. The van der Waals surface area contributed by atoms with Gasteiger partial charge >= 0.3 is 0 Å². The summed E-state index contributed by atoms with van der Waals surface area (Å²) in [5.74, 6) is 0.865. The van der Waals surface area contributed by atoms with Crippen molar-refractivity contribution >= 4 is 12.1 Å². The maximum atomic E-state index is 10.4. The molecule has 0 amide bonds. The van der Waals surface area contributed by atoms with Crippen LogP contribution >= 0.6 is 0 Å². The van der Waals surface area contributed by atoms with Crippen LogP contribution in [-0.2, 0) is 0 Å². The Morgan fingerprint density at radius 3 is 2.57 bits per heavy atom. The van der Waals surface area contributed by atoms with Crippen LogP contribution < -0.4 is 4.90 Å². The smallest absolute Gasteiger partial charge is 0.170 e. The van der Waals surface area contributed by atoms with Crippen molar-refractivity contribution in [2.75, 3.05) is 18.0 Å². The summed E-state index contributed by atoms with van der Waals surface area (Å²) in [7, 11) is 0. The van der Waals surface area contributed by atoms with E-state index in [1.807, 2.05) is 0 Å². The Balaban J connectivity index is 2.11. The summed E-state index contributed by atoms with van der Waals surface area (Å²) in [6.07, 6.45) is 8.36. The van der Waals surface area contributed by atoms with Crippen LogP contribution in [0.5, 0.6) is 0 Å². The molecule has 1 saturated heterocycles. The number of piperidine rings is 1. The first-order valence-corrected chi connectivity index (χ1v) is 4.74. The van der Waals surface area contributed by atoms with E-state index < -0.39 is 0 Å². The topological polar surface area (TPSA) is 46.1 Å². The van der Waals surface area contributed by atoms with E-state index in [0.717, 1.165) is 31.7 Å². The molecule has 73 valence electrons. The van der Waals surface area contributed by atoms with E-state index in [0.29, 0.717) is 12.0 Å². The van der Waals surface area contributed by atoms with E-state index in [4.69, 9.17) is 0 Å². The molecule has 0 saturated carbocycles. The van der Waals surface area contributed by atoms with Crippen LogP contribution in [-0.4, -0.2) is 29.3 Å². The first kappa shape index (κ1) is 9.12. The fourth-order valence-corrected chi connectivity index (χ4v) is 1.53. The van der Waals surface area contributed by atoms with E-state index in [9.17, 15) is 4.79 Å². The van der Waals surface area contributed by atoms with Crippen LogP contribution in [0.4, 0.5) is 5.82 Å². The predicted octanol–water partition coefficient (Wildman–Crippen LogP) is 1.09. The SMILES string of the molecule is O=Cc1cnc(N2CC[CH]CC2)cn1. The molecule has 14 heavy (non-hydrogen) atoms. The van der Waals surface area contributed by atoms with Gasteiger partial charge in [0, 0.05) is 13.1 Å². The van der Waals surface area contributed by atoms with E-state index in [2.05, 4.69) is 21.3 Å². The molecule has 2 heterocycles. The van der Waals surface area contributed by atoms with Crippen molar-refractivity contribution < 1.29 is 4.79 Å². The fraction of sp³-hybridized carbons (Fsp3) is 0.400. The van der Waals surface area contributed by atoms with Crippen molar-refractivity contribution in [3.8, 4) is 0 Å². The summed E-state index contributed by atoms with van der Waals surface area (Å²) in [4.78, 5) is 20.7. The summed E-state index contributed by atoms with van der Waals surface area (Å²) in [5, 5.41) is 0. The molecule has 4 heteroatoms. The van der Waals surface area contributed by atoms with Crippen molar-refractivity contribution in [1.29, 1.82) is 0 Å². The number of nitrogens with zero attached hydrogens (tertiary/aromatic N) is 3. The average Bonchev–Trinajstić information content (AvgIpc) is 2.30. The molecule has 2 rings (SSSR count). The second-order valence-electron chi connectivity index (χ2n) is 3.27. The summed E-state index contributed by atoms with van der Waals surface area (Å²) < 4.78 is 0. The minimum absolute atomic E-state index is 0.386. The lowest BCUT2D eigenvalue weighted by Gasteiger charge is -2.26. The molecule has 0 bridgehead atoms. The number of hydrogen-bond donors (Lipinski definition) is 0. The summed E-state index contributed by atoms with van der Waals surface area (Å²) >= 11 is 0. The van der Waals surface area contributed by atoms with E-state index >= 15 is 0 Å². The molecule has 0 spiro atoms. The van der Waals surface area contributed by atoms with Crippen LogP contribution in [0.15, 0.2) is 12.4 Å². The molecule has 4 nitrogen and oxygen atoms in total. The van der Waals surface area contributed by atoms with Crippen molar-refractivity contribution in [2.24, 2.45) is 0 Å². The van der Waals surface area contributed by atoms with Crippen molar-refractivity contribution in [3.05, 3.63) is 24.5 Å². The number of rotatable bonds is 2. The zero-order valence-corrected chi connectivity index (χ0v) is 7.89. The van der Waals surface area contributed by atoms with E-state index in [1.165, 1.54) is 6.20 Å². The third-order valence-electron chi connectivity index (χ3n) is 2.31. The molecule has 0 aliphatic carbocycles. The maximum absolute atomic E-state index is 10.4. The predicted molar refractivity (Wildman–Crippen MR) is 53.2 cm³/mol. The first-order valence-electron chi connectivity index (χ1n) is 4.74. The highest BCUT2D eigenvalue weighted by molar-refractivity contribution is 5.71. The molecule has 1 aliphatic heterocycles. The lowest BCUT2D eigenvalue weighted by Crippen LogP contribution is -2.30. The lowest BCUT2D eigenvalue weighted by molar-refractivity contribution is 0.111. The minimum Gasteiger partial charge on any atom is -0.355 e. The largest absolute Gasteiger partial charge is 0.355 e. The lowest BCUT2D eigenvalue weighted by atomic mass is 10.1. The number of carbonyl (C=O) groups excluding carboxylic acids is 1. The van der Waals surface area contributed by atoms with Gasteiger partial charge in [-0.05, 0) is 19.3 Å². The van der Waals surface area contributed by atoms with Gasteiger partial charge in [0.2, 0.25) is 0 Å². The van der Waals surface area contributed by atoms with Crippen LogP contribution in [0.2, 0.25) is 0 Å². The summed E-state index contributed by atoms with van der Waals surface area (Å²) in [6.45, 7) is 1.99. The number of carbonyl (C=O) groups is 1. The second-order valence-corrected chi connectivity index (χ2v) is 3.27. The Bertz CT molecular complexity index is 304. The van der Waals surface area contributed by atoms with Gasteiger partial charge in [-0.1, -0.05) is 0 Å². The Labute approximate surface area is 83.0 Å². The van der Waals surface area contributed by atoms with Crippen LogP contribution in [0, 0.1) is 6.42 Å². The molecule has 0 N–H and O–H groups in total. The summed E-state index contributed by atoms with van der Waals surface area (Å²) in [5.41, 5.74) is 0.386. The van der Waals surface area contributed by atoms with Crippen LogP contribution in [0.1, 0.15) is 23.3 Å². The van der Waals surface area contributed by atoms with Crippen molar-refractivity contribution in [3.63, 3.8) is 0 Å². The van der Waals surface area contributed by atoms with Crippen molar-refractivity contribution in [2.45, 2.75) is 12.8 Å². The maximum Gasteiger partial charge on any atom is 0.170 e. The van der Waals surface area contributed by atoms with Gasteiger partial charge in [0.05, 0.1) is 12.4 Å². The van der Waals surface area contributed by atoms with Gasteiger partial charge in [-0.25, -0.2) is 9.97 Å². The first-order chi connectivity index (χ1) is 6.90. The third kappa shape index (κ3) is 1.89. The zero-order chi connectivity index (χ0) is 9.80. The molecule has 0 unspecified atom stereocenters. The van der Waals surface area contributed by atoms with Crippen LogP contribution in [0.25, 0.3) is 0 Å². The molecule has 0 aromatic carbocycles. The second kappa shape index (κ2) is 4.17. The van der Waals surface area contributed by atoms with Gasteiger partial charge in [0.1, 0.15) is 11.5 Å². The fourth-order valence-electron chi connectivity index (χ4n) is 1.53. The minimum atomic E-state index is 0.386. The van der Waals surface area contributed by atoms with Crippen molar-refractivity contribution in [1.82, 2.24) is 9.97 Å². The van der Waals surface area contributed by atoms with Gasteiger partial charge in [-0.2, -0.15) is 0 Å². The molecular weight excluding hydrogens is 178 g/mol. The normalized spacial score (nSPS) is 16.7. The molecule has 1 aliphatic rings. The zero-order valence-electron chi connectivity index (χ0n) is 7.89. The number of anilines is 1. The van der Waals surface area contributed by atoms with Gasteiger partial charge < -0.3 is 4.90 Å². The highest BCUT2D eigenvalue weighted by Gasteiger charge is 2.11. The molecule has 1 aromatic heterocycles. The summed E-state index contributed by atoms with van der Waals surface area (Å²) in [6, 6.07) is 0. The Morgan fingerprint density at radius 2 is 2.00 bits per heavy atom. The number of hydrogen-bond acceptors (Lipinski definition) is 4.